The van der Waals surface area contributed by atoms with Gasteiger partial charge in [0.15, 0.2) is 5.82 Å². The van der Waals surface area contributed by atoms with Crippen molar-refractivity contribution in [3.05, 3.63) is 41.7 Å². The maximum Gasteiger partial charge on any atom is 0.227 e. The van der Waals surface area contributed by atoms with Crippen LogP contribution in [-0.4, -0.2) is 27.4 Å². The first-order valence-electron chi connectivity index (χ1n) is 7.98. The summed E-state index contributed by atoms with van der Waals surface area (Å²) in [5.41, 5.74) is 1.28. The van der Waals surface area contributed by atoms with Crippen LogP contribution in [0.25, 0.3) is 0 Å². The molecule has 1 aliphatic heterocycles. The lowest BCUT2D eigenvalue weighted by Crippen LogP contribution is -2.32. The molecule has 1 atom stereocenters. The molecular weight excluding hydrogens is 276 g/mol. The lowest BCUT2D eigenvalue weighted by molar-refractivity contribution is 0.102. The number of ether oxygens (including phenoxy) is 1. The van der Waals surface area contributed by atoms with Crippen LogP contribution in [0.5, 0.6) is 0 Å². The summed E-state index contributed by atoms with van der Waals surface area (Å²) in [6.45, 7) is 6.02. The molecule has 1 fully saturated rings. The van der Waals surface area contributed by atoms with Gasteiger partial charge in [0.1, 0.15) is 6.10 Å². The Labute approximate surface area is 131 Å². The molecule has 22 heavy (non-hydrogen) atoms. The van der Waals surface area contributed by atoms with Crippen molar-refractivity contribution in [3.63, 3.8) is 0 Å². The van der Waals surface area contributed by atoms with Gasteiger partial charge in [0.05, 0.1) is 0 Å². The third-order valence-corrected chi connectivity index (χ3v) is 4.18. The minimum atomic E-state index is 0.0944. The van der Waals surface area contributed by atoms with Gasteiger partial charge < -0.3 is 9.64 Å². The number of aromatic nitrogens is 3. The van der Waals surface area contributed by atoms with E-state index in [0.29, 0.717) is 6.04 Å². The number of anilines is 1. The van der Waals surface area contributed by atoms with E-state index in [0.717, 1.165) is 37.8 Å². The quantitative estimate of drug-likeness (QED) is 0.851. The predicted molar refractivity (Wildman–Crippen MR) is 86.7 cm³/mol. The van der Waals surface area contributed by atoms with Crippen LogP contribution in [0, 0.1) is 0 Å². The first kappa shape index (κ1) is 15.0. The summed E-state index contributed by atoms with van der Waals surface area (Å²) in [6.07, 6.45) is 2.23. The largest absolute Gasteiger partial charge is 0.370 e. The molecule has 1 aromatic heterocycles. The van der Waals surface area contributed by atoms with Crippen molar-refractivity contribution in [1.82, 2.24) is 14.8 Å². The average Bonchev–Trinajstić information content (AvgIpc) is 3.15. The molecule has 1 aliphatic rings. The first-order valence-corrected chi connectivity index (χ1v) is 7.98. The van der Waals surface area contributed by atoms with Crippen molar-refractivity contribution in [2.45, 2.75) is 45.4 Å². The summed E-state index contributed by atoms with van der Waals surface area (Å²) in [6, 6.07) is 10.8. The zero-order valence-corrected chi connectivity index (χ0v) is 13.6. The summed E-state index contributed by atoms with van der Waals surface area (Å²) in [7, 11) is 2.03. The third kappa shape index (κ3) is 2.99. The smallest absolute Gasteiger partial charge is 0.227 e. The van der Waals surface area contributed by atoms with Gasteiger partial charge in [-0.1, -0.05) is 30.3 Å². The van der Waals surface area contributed by atoms with E-state index < -0.39 is 0 Å². The predicted octanol–water partition coefficient (Wildman–Crippen LogP) is 3.08. The van der Waals surface area contributed by atoms with Crippen LogP contribution in [0.2, 0.25) is 0 Å². The van der Waals surface area contributed by atoms with Gasteiger partial charge in [-0.2, -0.15) is 0 Å². The van der Waals surface area contributed by atoms with E-state index in [1.807, 2.05) is 13.1 Å². The van der Waals surface area contributed by atoms with Gasteiger partial charge in [-0.3, -0.25) is 4.57 Å². The highest BCUT2D eigenvalue weighted by Crippen LogP contribution is 2.29. The molecule has 0 bridgehead atoms. The molecule has 0 aliphatic carbocycles. The Bertz CT molecular complexity index is 602. The minimum Gasteiger partial charge on any atom is -0.370 e. The second-order valence-electron chi connectivity index (χ2n) is 6.13. The molecule has 2 aromatic rings. The van der Waals surface area contributed by atoms with Crippen LogP contribution in [0.3, 0.4) is 0 Å². The fraction of sp³-hybridized carbons (Fsp3) is 0.529. The molecule has 0 amide bonds. The second kappa shape index (κ2) is 6.48. The van der Waals surface area contributed by atoms with Gasteiger partial charge in [0, 0.05) is 26.2 Å². The van der Waals surface area contributed by atoms with Crippen LogP contribution in [-0.2, 0) is 18.3 Å². The van der Waals surface area contributed by atoms with Crippen molar-refractivity contribution in [1.29, 1.82) is 0 Å². The maximum absolute atomic E-state index is 5.75. The SMILES string of the molecule is CC(C)N(Cc1ccccc1)c1nnc([C@H]2CCCO2)n1C. The number of rotatable bonds is 5. The molecule has 5 heteroatoms. The molecule has 1 aromatic carbocycles. The van der Waals surface area contributed by atoms with Gasteiger partial charge in [0.2, 0.25) is 5.95 Å². The van der Waals surface area contributed by atoms with Crippen molar-refractivity contribution >= 4 is 5.95 Å². The van der Waals surface area contributed by atoms with Gasteiger partial charge >= 0.3 is 0 Å². The molecular formula is C17H24N4O. The summed E-state index contributed by atoms with van der Waals surface area (Å²) in [5.74, 6) is 1.84. The summed E-state index contributed by atoms with van der Waals surface area (Å²) in [4.78, 5) is 2.28. The van der Waals surface area contributed by atoms with Gasteiger partial charge in [0.25, 0.3) is 0 Å². The molecule has 0 spiro atoms. The van der Waals surface area contributed by atoms with E-state index in [1.54, 1.807) is 0 Å². The van der Waals surface area contributed by atoms with Crippen molar-refractivity contribution < 1.29 is 4.74 Å². The van der Waals surface area contributed by atoms with Crippen LogP contribution < -0.4 is 4.90 Å². The fourth-order valence-electron chi connectivity index (χ4n) is 2.91. The molecule has 0 saturated carbocycles. The number of hydrogen-bond donors (Lipinski definition) is 0. The zero-order chi connectivity index (χ0) is 15.5. The van der Waals surface area contributed by atoms with Crippen molar-refractivity contribution in [2.75, 3.05) is 11.5 Å². The maximum atomic E-state index is 5.75. The Hall–Kier alpha value is -1.88. The topological polar surface area (TPSA) is 43.2 Å². The zero-order valence-electron chi connectivity index (χ0n) is 13.6. The van der Waals surface area contributed by atoms with Crippen LogP contribution in [0.4, 0.5) is 5.95 Å². The summed E-state index contributed by atoms with van der Waals surface area (Å²) >= 11 is 0. The van der Waals surface area contributed by atoms with Crippen molar-refractivity contribution in [3.8, 4) is 0 Å². The number of benzene rings is 1. The molecule has 0 N–H and O–H groups in total. The van der Waals surface area contributed by atoms with Gasteiger partial charge in [-0.05, 0) is 32.3 Å². The lowest BCUT2D eigenvalue weighted by Gasteiger charge is -2.27. The van der Waals surface area contributed by atoms with Crippen LogP contribution in [0.15, 0.2) is 30.3 Å². The molecule has 3 rings (SSSR count). The Balaban J connectivity index is 1.85. The minimum absolute atomic E-state index is 0.0944. The average molecular weight is 300 g/mol. The summed E-state index contributed by atoms with van der Waals surface area (Å²) < 4.78 is 7.83. The van der Waals surface area contributed by atoms with E-state index in [1.165, 1.54) is 5.56 Å². The van der Waals surface area contributed by atoms with Crippen LogP contribution >= 0.6 is 0 Å². The number of hydrogen-bond acceptors (Lipinski definition) is 4. The molecule has 1 saturated heterocycles. The highest BCUT2D eigenvalue weighted by Gasteiger charge is 2.26. The van der Waals surface area contributed by atoms with E-state index in [-0.39, 0.29) is 6.10 Å². The lowest BCUT2D eigenvalue weighted by atomic mass is 10.2. The second-order valence-corrected chi connectivity index (χ2v) is 6.13. The monoisotopic (exact) mass is 300 g/mol. The van der Waals surface area contributed by atoms with Gasteiger partial charge in [-0.15, -0.1) is 10.2 Å². The van der Waals surface area contributed by atoms with E-state index in [4.69, 9.17) is 4.74 Å². The molecule has 0 unspecified atom stereocenters. The normalized spacial score (nSPS) is 18.1. The third-order valence-electron chi connectivity index (χ3n) is 4.18. The van der Waals surface area contributed by atoms with E-state index in [9.17, 15) is 0 Å². The highest BCUT2D eigenvalue weighted by molar-refractivity contribution is 5.35. The van der Waals surface area contributed by atoms with Crippen LogP contribution in [0.1, 0.15) is 44.2 Å². The Morgan fingerprint density at radius 1 is 1.27 bits per heavy atom. The molecule has 2 heterocycles. The number of nitrogens with zero attached hydrogens (tertiary/aromatic N) is 4. The molecule has 5 nitrogen and oxygen atoms in total. The highest BCUT2D eigenvalue weighted by atomic mass is 16.5. The van der Waals surface area contributed by atoms with Crippen molar-refractivity contribution in [2.24, 2.45) is 7.05 Å². The standard InChI is InChI=1S/C17H24N4O/c1-13(2)21(12-14-8-5-4-6-9-14)17-19-18-16(20(17)3)15-10-7-11-22-15/h4-6,8-9,13,15H,7,10-12H2,1-3H3/t15-/m1/s1. The van der Waals surface area contributed by atoms with E-state index >= 15 is 0 Å². The fourth-order valence-corrected chi connectivity index (χ4v) is 2.91. The Kier molecular flexibility index (Phi) is 4.43. The Morgan fingerprint density at radius 3 is 2.68 bits per heavy atom. The summed E-state index contributed by atoms with van der Waals surface area (Å²) in [5, 5.41) is 8.83. The van der Waals surface area contributed by atoms with Gasteiger partial charge in [-0.25, -0.2) is 0 Å². The first-order chi connectivity index (χ1) is 10.7. The molecule has 118 valence electrons. The Morgan fingerprint density at radius 2 is 2.05 bits per heavy atom. The van der Waals surface area contributed by atoms with E-state index in [2.05, 4.69) is 57.8 Å². The molecule has 0 radical (unpaired) electrons.